The summed E-state index contributed by atoms with van der Waals surface area (Å²) in [5.74, 6) is -0.620. The zero-order valence-electron chi connectivity index (χ0n) is 10.9. The molecule has 0 atom stereocenters. The SMILES string of the molecule is Cn1cc(C(=O)NC(C)(C)CO)c(=O)n(C)c1=O. The van der Waals surface area contributed by atoms with Gasteiger partial charge in [0.1, 0.15) is 5.56 Å². The van der Waals surface area contributed by atoms with Crippen LogP contribution in [0.2, 0.25) is 0 Å². The molecule has 0 radical (unpaired) electrons. The molecular formula is C11H17N3O4. The van der Waals surface area contributed by atoms with Gasteiger partial charge in [-0.05, 0) is 13.8 Å². The van der Waals surface area contributed by atoms with E-state index in [2.05, 4.69) is 5.32 Å². The molecule has 18 heavy (non-hydrogen) atoms. The Labute approximate surface area is 104 Å². The molecule has 2 N–H and O–H groups in total. The van der Waals surface area contributed by atoms with E-state index in [4.69, 9.17) is 5.11 Å². The summed E-state index contributed by atoms with van der Waals surface area (Å²) in [5, 5.41) is 11.6. The summed E-state index contributed by atoms with van der Waals surface area (Å²) in [6.07, 6.45) is 1.19. The highest BCUT2D eigenvalue weighted by atomic mass is 16.3. The van der Waals surface area contributed by atoms with Crippen LogP contribution in [-0.2, 0) is 14.1 Å². The Morgan fingerprint density at radius 2 is 1.94 bits per heavy atom. The maximum atomic E-state index is 11.9. The second kappa shape index (κ2) is 4.77. The van der Waals surface area contributed by atoms with Gasteiger partial charge in [-0.15, -0.1) is 0 Å². The molecule has 7 nitrogen and oxygen atoms in total. The Morgan fingerprint density at radius 1 is 1.39 bits per heavy atom. The van der Waals surface area contributed by atoms with Gasteiger partial charge in [-0.3, -0.25) is 14.2 Å². The molecule has 1 aromatic heterocycles. The van der Waals surface area contributed by atoms with Gasteiger partial charge in [-0.2, -0.15) is 0 Å². The lowest BCUT2D eigenvalue weighted by Gasteiger charge is -2.23. The van der Waals surface area contributed by atoms with Crippen molar-refractivity contribution in [3.8, 4) is 0 Å². The Balaban J connectivity index is 3.24. The lowest BCUT2D eigenvalue weighted by atomic mass is 10.1. The van der Waals surface area contributed by atoms with Gasteiger partial charge in [0.25, 0.3) is 11.5 Å². The van der Waals surface area contributed by atoms with Gasteiger partial charge >= 0.3 is 5.69 Å². The number of aliphatic hydroxyl groups excluding tert-OH is 1. The summed E-state index contributed by atoms with van der Waals surface area (Å²) in [6.45, 7) is 2.99. The van der Waals surface area contributed by atoms with Gasteiger partial charge in [0, 0.05) is 20.3 Å². The fourth-order valence-corrected chi connectivity index (χ4v) is 1.38. The number of aryl methyl sites for hydroxylation is 1. The highest BCUT2D eigenvalue weighted by molar-refractivity contribution is 5.94. The third-order valence-electron chi connectivity index (χ3n) is 2.54. The van der Waals surface area contributed by atoms with Crippen LogP contribution in [0.1, 0.15) is 24.2 Å². The number of carbonyl (C=O) groups is 1. The molecule has 0 saturated carbocycles. The molecule has 0 saturated heterocycles. The molecule has 100 valence electrons. The van der Waals surface area contributed by atoms with Gasteiger partial charge in [0.05, 0.1) is 12.1 Å². The number of hydrogen-bond acceptors (Lipinski definition) is 4. The van der Waals surface area contributed by atoms with Crippen LogP contribution in [-0.4, -0.2) is 32.3 Å². The fraction of sp³-hybridized carbons (Fsp3) is 0.545. The van der Waals surface area contributed by atoms with Crippen LogP contribution in [0.4, 0.5) is 0 Å². The third-order valence-corrected chi connectivity index (χ3v) is 2.54. The van der Waals surface area contributed by atoms with Crippen molar-refractivity contribution in [2.24, 2.45) is 14.1 Å². The van der Waals surface area contributed by atoms with Gasteiger partial charge in [-0.25, -0.2) is 4.79 Å². The van der Waals surface area contributed by atoms with E-state index in [1.807, 2.05) is 0 Å². The van der Waals surface area contributed by atoms with Crippen LogP contribution >= 0.6 is 0 Å². The second-order valence-electron chi connectivity index (χ2n) is 4.80. The molecule has 0 aliphatic carbocycles. The minimum atomic E-state index is -0.837. The molecule has 0 spiro atoms. The van der Waals surface area contributed by atoms with Crippen molar-refractivity contribution in [1.29, 1.82) is 0 Å². The van der Waals surface area contributed by atoms with Gasteiger partial charge in [-0.1, -0.05) is 0 Å². The van der Waals surface area contributed by atoms with Gasteiger partial charge in [0.2, 0.25) is 0 Å². The van der Waals surface area contributed by atoms with Gasteiger partial charge in [0.15, 0.2) is 0 Å². The number of rotatable bonds is 3. The van der Waals surface area contributed by atoms with Crippen LogP contribution in [0.25, 0.3) is 0 Å². The summed E-state index contributed by atoms with van der Waals surface area (Å²) in [6, 6.07) is 0. The van der Waals surface area contributed by atoms with E-state index in [0.29, 0.717) is 0 Å². The normalized spacial score (nSPS) is 11.4. The predicted octanol–water partition coefficient (Wildman–Crippen LogP) is -1.42. The fourth-order valence-electron chi connectivity index (χ4n) is 1.38. The third kappa shape index (κ3) is 2.67. The summed E-state index contributed by atoms with van der Waals surface area (Å²) >= 11 is 0. The van der Waals surface area contributed by atoms with Crippen molar-refractivity contribution in [3.05, 3.63) is 32.6 Å². The zero-order chi connectivity index (χ0) is 14.1. The number of nitrogens with zero attached hydrogens (tertiary/aromatic N) is 2. The van der Waals surface area contributed by atoms with Crippen LogP contribution < -0.4 is 16.6 Å². The molecule has 0 bridgehead atoms. The number of amides is 1. The maximum Gasteiger partial charge on any atom is 0.330 e. The highest BCUT2D eigenvalue weighted by Gasteiger charge is 2.22. The summed E-state index contributed by atoms with van der Waals surface area (Å²) in [5.41, 5.74) is -2.14. The smallest absolute Gasteiger partial charge is 0.330 e. The highest BCUT2D eigenvalue weighted by Crippen LogP contribution is 2.01. The molecule has 0 aliphatic heterocycles. The molecular weight excluding hydrogens is 238 g/mol. The molecule has 0 aliphatic rings. The van der Waals surface area contributed by atoms with E-state index in [9.17, 15) is 14.4 Å². The summed E-state index contributed by atoms with van der Waals surface area (Å²) in [7, 11) is 2.76. The lowest BCUT2D eigenvalue weighted by molar-refractivity contribution is 0.0866. The van der Waals surface area contributed by atoms with Crippen LogP contribution in [0.5, 0.6) is 0 Å². The van der Waals surface area contributed by atoms with Crippen LogP contribution in [0.3, 0.4) is 0 Å². The van der Waals surface area contributed by atoms with E-state index in [1.165, 1.54) is 20.3 Å². The minimum Gasteiger partial charge on any atom is -0.394 e. The number of carbonyl (C=O) groups excluding carboxylic acids is 1. The van der Waals surface area contributed by atoms with E-state index < -0.39 is 22.7 Å². The lowest BCUT2D eigenvalue weighted by Crippen LogP contribution is -2.49. The average molecular weight is 255 g/mol. The Hall–Kier alpha value is -1.89. The first-order chi connectivity index (χ1) is 8.19. The number of aromatic nitrogens is 2. The Kier molecular flexibility index (Phi) is 3.76. The number of hydrogen-bond donors (Lipinski definition) is 2. The summed E-state index contributed by atoms with van der Waals surface area (Å²) in [4.78, 5) is 35.1. The quantitative estimate of drug-likeness (QED) is 0.693. The van der Waals surface area contributed by atoms with E-state index >= 15 is 0 Å². The van der Waals surface area contributed by atoms with E-state index in [0.717, 1.165) is 9.13 Å². The summed E-state index contributed by atoms with van der Waals surface area (Å²) < 4.78 is 2.02. The van der Waals surface area contributed by atoms with Crippen molar-refractivity contribution in [2.75, 3.05) is 6.61 Å². The molecule has 0 fully saturated rings. The van der Waals surface area contributed by atoms with E-state index in [1.54, 1.807) is 13.8 Å². The first kappa shape index (κ1) is 14.2. The van der Waals surface area contributed by atoms with Crippen LogP contribution in [0.15, 0.2) is 15.8 Å². The average Bonchev–Trinajstić information content (AvgIpc) is 2.30. The Morgan fingerprint density at radius 3 is 2.44 bits per heavy atom. The van der Waals surface area contributed by atoms with Crippen LogP contribution in [0, 0.1) is 0 Å². The molecule has 0 aromatic carbocycles. The largest absolute Gasteiger partial charge is 0.394 e. The topological polar surface area (TPSA) is 93.3 Å². The number of nitrogens with one attached hydrogen (secondary N) is 1. The van der Waals surface area contributed by atoms with Crippen molar-refractivity contribution >= 4 is 5.91 Å². The maximum absolute atomic E-state index is 11.9. The molecule has 1 aromatic rings. The van der Waals surface area contributed by atoms with Gasteiger partial charge < -0.3 is 15.0 Å². The Bertz CT molecular complexity index is 583. The van der Waals surface area contributed by atoms with Crippen molar-refractivity contribution in [1.82, 2.24) is 14.5 Å². The molecule has 1 heterocycles. The van der Waals surface area contributed by atoms with Crippen molar-refractivity contribution < 1.29 is 9.90 Å². The predicted molar refractivity (Wildman–Crippen MR) is 65.6 cm³/mol. The van der Waals surface area contributed by atoms with Crippen molar-refractivity contribution in [3.63, 3.8) is 0 Å². The molecule has 1 rings (SSSR count). The second-order valence-corrected chi connectivity index (χ2v) is 4.80. The minimum absolute atomic E-state index is 0.138. The molecule has 1 amide bonds. The first-order valence-corrected chi connectivity index (χ1v) is 5.39. The standard InChI is InChI=1S/C11H17N3O4/c1-11(2,6-15)12-8(16)7-5-13(3)10(18)14(4)9(7)17/h5,15H,6H2,1-4H3,(H,12,16). The molecule has 0 unspecified atom stereocenters. The number of aliphatic hydroxyl groups is 1. The molecule has 7 heteroatoms. The zero-order valence-corrected chi connectivity index (χ0v) is 10.9. The van der Waals surface area contributed by atoms with E-state index in [-0.39, 0.29) is 12.2 Å². The van der Waals surface area contributed by atoms with Crippen molar-refractivity contribution in [2.45, 2.75) is 19.4 Å². The monoisotopic (exact) mass is 255 g/mol. The first-order valence-electron chi connectivity index (χ1n) is 5.39.